The highest BCUT2D eigenvalue weighted by Crippen LogP contribution is 2.59. The minimum Gasteiger partial charge on any atom is -0.310 e. The fraction of sp³-hybridized carbons (Fsp3) is 0.208. The summed E-state index contributed by atoms with van der Waals surface area (Å²) in [5, 5.41) is 5.83. The molecule has 0 radical (unpaired) electrons. The zero-order chi connectivity index (χ0) is 71.9. The van der Waals surface area contributed by atoms with Crippen molar-refractivity contribution >= 4 is 101 Å². The number of hydrogen-bond acceptors (Lipinski definition) is 4. The Balaban J connectivity index is 1.29. The molecule has 0 unspecified atom stereocenters. The van der Waals surface area contributed by atoms with Crippen molar-refractivity contribution < 1.29 is 8.78 Å². The van der Waals surface area contributed by atoms with Crippen LogP contribution in [0.1, 0.15) is 128 Å². The van der Waals surface area contributed by atoms with Gasteiger partial charge in [-0.25, -0.2) is 8.78 Å². The first-order chi connectivity index (χ1) is 48.5. The molecule has 0 aliphatic rings. The van der Waals surface area contributed by atoms with Gasteiger partial charge in [-0.1, -0.05) is 227 Å². The van der Waals surface area contributed by atoms with Gasteiger partial charge in [0.1, 0.15) is 11.6 Å². The van der Waals surface area contributed by atoms with Gasteiger partial charge in [-0.05, 0) is 239 Å². The standard InChI is InChI=1S/C96H92F2N4/c1-61-17-41-73(42-18-61)99(77-49-29-67(30-50-77)93(5,6)7)85-59-87(101(75-45-21-63(3)22-46-75)79-53-33-69(34-54-79)95(11,12)13)89-82(66-27-39-72(98)40-28-66)58-84-86(100(74-43-19-62(2)20-44-74)78-51-31-68(32-52-78)94(8,9)10)60-88(90-81(57-83(85)91(89)92(84)90)65-25-37-71(97)38-26-65)102(76-47-23-64(4)24-48-76)80-55-35-70(36-56-80)96(14,15)16/h17-60H,1-16H3. The van der Waals surface area contributed by atoms with Gasteiger partial charge in [0.25, 0.3) is 0 Å². The SMILES string of the molecule is Cc1ccc(N(c2ccc(C(C)(C)C)cc2)c2cc(N(c3ccc(C)cc3)c3ccc(C(C)(C)C)cc3)c3c(-c4ccc(F)cc4)cc4c(N(c5ccc(C)cc5)c5ccc(C(C)(C)C)cc5)cc(N(c5ccc(C)cc5)c5ccc(C(C)(C)C)cc5)c5c(-c6ccc(F)cc6)cc2c3c45)cc1. The van der Waals surface area contributed by atoms with Crippen molar-refractivity contribution in [1.29, 1.82) is 0 Å². The Morgan fingerprint density at radius 1 is 0.216 bits per heavy atom. The van der Waals surface area contributed by atoms with Gasteiger partial charge < -0.3 is 19.6 Å². The van der Waals surface area contributed by atoms with Gasteiger partial charge >= 0.3 is 0 Å². The summed E-state index contributed by atoms with van der Waals surface area (Å²) in [6, 6.07) is 95.7. The molecule has 0 fully saturated rings. The number of hydrogen-bond donors (Lipinski definition) is 0. The number of nitrogens with zero attached hydrogens (tertiary/aromatic N) is 4. The molecule has 0 heterocycles. The lowest BCUT2D eigenvalue weighted by molar-refractivity contribution is 0.590. The summed E-state index contributed by atoms with van der Waals surface area (Å²) in [6.07, 6.45) is 0. The lowest BCUT2D eigenvalue weighted by Gasteiger charge is -2.36. The van der Waals surface area contributed by atoms with Gasteiger partial charge in [-0.3, -0.25) is 0 Å². The predicted molar refractivity (Wildman–Crippen MR) is 433 cm³/mol. The molecule has 14 rings (SSSR count). The first kappa shape index (κ1) is 68.3. The van der Waals surface area contributed by atoms with Crippen LogP contribution in [0.15, 0.2) is 267 Å². The van der Waals surface area contributed by atoms with E-state index in [1.807, 2.05) is 24.3 Å². The predicted octanol–water partition coefficient (Wildman–Crippen LogP) is 28.5. The second-order valence-corrected chi connectivity index (χ2v) is 32.2. The van der Waals surface area contributed by atoms with Crippen LogP contribution in [-0.4, -0.2) is 0 Å². The highest BCUT2D eigenvalue weighted by atomic mass is 19.1. The fourth-order valence-corrected chi connectivity index (χ4v) is 14.5. The van der Waals surface area contributed by atoms with E-state index in [1.54, 1.807) is 24.3 Å². The Hall–Kier alpha value is -10.8. The summed E-state index contributed by atoms with van der Waals surface area (Å²) in [5.41, 5.74) is 23.9. The molecule has 0 bridgehead atoms. The van der Waals surface area contributed by atoms with Crippen LogP contribution in [0.2, 0.25) is 0 Å². The average molecular weight is 1340 g/mol. The summed E-state index contributed by atoms with van der Waals surface area (Å²) in [5.74, 6) is -0.648. The maximum absolute atomic E-state index is 16.0. The van der Waals surface area contributed by atoms with Crippen LogP contribution >= 0.6 is 0 Å². The number of anilines is 12. The van der Waals surface area contributed by atoms with Gasteiger partial charge in [0, 0.05) is 77.8 Å². The molecule has 0 atom stereocenters. The van der Waals surface area contributed by atoms with Crippen molar-refractivity contribution in [3.05, 3.63) is 323 Å². The van der Waals surface area contributed by atoms with Crippen LogP contribution in [-0.2, 0) is 21.7 Å². The van der Waals surface area contributed by atoms with Crippen LogP contribution in [0.5, 0.6) is 0 Å². The molecule has 0 aliphatic heterocycles. The second-order valence-electron chi connectivity index (χ2n) is 32.2. The zero-order valence-electron chi connectivity index (χ0n) is 61.9. The molecule has 0 aromatic heterocycles. The van der Waals surface area contributed by atoms with E-state index in [0.29, 0.717) is 0 Å². The van der Waals surface area contributed by atoms with Crippen molar-refractivity contribution in [3.8, 4) is 22.3 Å². The molecular formula is C96H92F2N4. The van der Waals surface area contributed by atoms with Crippen LogP contribution < -0.4 is 19.6 Å². The third-order valence-corrected chi connectivity index (χ3v) is 20.4. The van der Waals surface area contributed by atoms with E-state index >= 15 is 8.78 Å². The van der Waals surface area contributed by atoms with Crippen LogP contribution in [0, 0.1) is 39.3 Å². The topological polar surface area (TPSA) is 13.0 Å². The number of benzene rings is 14. The van der Waals surface area contributed by atoms with E-state index in [-0.39, 0.29) is 33.3 Å². The zero-order valence-corrected chi connectivity index (χ0v) is 61.9. The molecule has 6 heteroatoms. The quantitative estimate of drug-likeness (QED) is 0.101. The van der Waals surface area contributed by atoms with Crippen molar-refractivity contribution in [2.45, 2.75) is 132 Å². The monoisotopic (exact) mass is 1340 g/mol. The Labute approximate surface area is 603 Å². The van der Waals surface area contributed by atoms with Crippen molar-refractivity contribution in [2.75, 3.05) is 19.6 Å². The highest BCUT2D eigenvalue weighted by Gasteiger charge is 2.34. The molecule has 0 N–H and O–H groups in total. The number of halogens is 2. The Kier molecular flexibility index (Phi) is 17.6. The Bertz CT molecular complexity index is 5000. The highest BCUT2D eigenvalue weighted by molar-refractivity contribution is 6.38. The van der Waals surface area contributed by atoms with E-state index in [9.17, 15) is 0 Å². The third-order valence-electron chi connectivity index (χ3n) is 20.4. The lowest BCUT2D eigenvalue weighted by atomic mass is 9.82. The summed E-state index contributed by atoms with van der Waals surface area (Å²) in [6.45, 7) is 35.7. The first-order valence-corrected chi connectivity index (χ1v) is 35.8. The maximum atomic E-state index is 16.0. The molecule has 102 heavy (non-hydrogen) atoms. The Morgan fingerprint density at radius 3 is 0.618 bits per heavy atom. The van der Waals surface area contributed by atoms with Gasteiger partial charge in [0.2, 0.25) is 0 Å². The number of aryl methyl sites for hydroxylation is 4. The molecular weight excluding hydrogens is 1250 g/mol. The first-order valence-electron chi connectivity index (χ1n) is 35.8. The molecule has 0 saturated heterocycles. The van der Waals surface area contributed by atoms with Crippen LogP contribution in [0.25, 0.3) is 54.6 Å². The largest absolute Gasteiger partial charge is 0.310 e. The third kappa shape index (κ3) is 13.2. The van der Waals surface area contributed by atoms with Crippen molar-refractivity contribution in [1.82, 2.24) is 0 Å². The van der Waals surface area contributed by atoms with Gasteiger partial charge in [0.15, 0.2) is 0 Å². The second kappa shape index (κ2) is 26.3. The van der Waals surface area contributed by atoms with E-state index in [2.05, 4.69) is 349 Å². The summed E-state index contributed by atoms with van der Waals surface area (Å²) in [7, 11) is 0. The smallest absolute Gasteiger partial charge is 0.123 e. The molecule has 0 spiro atoms. The van der Waals surface area contributed by atoms with Crippen molar-refractivity contribution in [3.63, 3.8) is 0 Å². The normalized spacial score (nSPS) is 12.2. The summed E-state index contributed by atoms with van der Waals surface area (Å²) in [4.78, 5) is 9.77. The van der Waals surface area contributed by atoms with Gasteiger partial charge in [-0.15, -0.1) is 0 Å². The molecule has 14 aromatic carbocycles. The van der Waals surface area contributed by atoms with Gasteiger partial charge in [0.05, 0.1) is 22.7 Å². The summed E-state index contributed by atoms with van der Waals surface area (Å²) < 4.78 is 32.0. The van der Waals surface area contributed by atoms with Crippen LogP contribution in [0.4, 0.5) is 77.0 Å². The van der Waals surface area contributed by atoms with Crippen LogP contribution in [0.3, 0.4) is 0 Å². The lowest BCUT2D eigenvalue weighted by Crippen LogP contribution is -2.17. The van der Waals surface area contributed by atoms with E-state index in [0.717, 1.165) is 145 Å². The number of rotatable bonds is 14. The fourth-order valence-electron chi connectivity index (χ4n) is 14.5. The molecule has 4 nitrogen and oxygen atoms in total. The average Bonchev–Trinajstić information content (AvgIpc) is 0.685. The molecule has 510 valence electrons. The maximum Gasteiger partial charge on any atom is 0.123 e. The minimum absolute atomic E-state index is 0.122. The van der Waals surface area contributed by atoms with E-state index in [1.165, 1.54) is 22.3 Å². The molecule has 14 aromatic rings. The van der Waals surface area contributed by atoms with Gasteiger partial charge in [-0.2, -0.15) is 0 Å². The minimum atomic E-state index is -0.324. The molecule has 0 saturated carbocycles. The van der Waals surface area contributed by atoms with E-state index < -0.39 is 0 Å². The van der Waals surface area contributed by atoms with E-state index in [4.69, 9.17) is 0 Å². The summed E-state index contributed by atoms with van der Waals surface area (Å²) >= 11 is 0. The molecule has 0 amide bonds. The van der Waals surface area contributed by atoms with Crippen molar-refractivity contribution in [2.24, 2.45) is 0 Å². The molecule has 0 aliphatic carbocycles. The Morgan fingerprint density at radius 2 is 0.412 bits per heavy atom.